The van der Waals surface area contributed by atoms with Crippen LogP contribution in [0.2, 0.25) is 0 Å². The maximum absolute atomic E-state index is 14.8. The molecule has 3 aliphatic rings. The Morgan fingerprint density at radius 1 is 0.545 bits per heavy atom. The second-order valence-corrected chi connectivity index (χ2v) is 22.8. The SMILES string of the molecule is CC(C)[C@H]1C(=O)OC[C@H](NC(=O)c2nc3ccccc3cc2O)C(=O)N2CCCC[C@@H]2C(=O)NCC(=O)N(C)CC(=O)N(C)[C@H](C(C)C)C(=O)OC[C@@H](NC(=O)c2nc3ccccc3cc2O)C(=O)N2CCCC[C@@H]2C(=O)NCC(=O)N(C)CC(=O)N1C. The molecule has 2 aromatic carbocycles. The molecule has 28 heteroatoms. The van der Waals surface area contributed by atoms with Gasteiger partial charge in [-0.3, -0.25) is 47.9 Å². The standard InChI is InChI=1S/C60H76N12O16/c1-33(2)51-59(85)87-31-39(65-55(81)49-43(73)25-35-17-9-11-19-37(35)63-49)57(83)71-23-15-13-21-41(71)53(79)62-28-46(76)68(6)30-48(78)70(8)52(34(3)4)60(86)88-32-40(66-56(82)50-44(74)26-36-18-10-12-20-38(36)64-50)58(84)72-24-16-14-22-42(72)54(80)61-27-45(75)67(5)29-47(77)69(51)7/h9-12,17-20,25-26,33-34,39-42,51-52,73-74H,13-16,21-24,27-32H2,1-8H3,(H,61,80)(H,62,79)(H,65,81)(H,66,82)/t39-,40+,41-,42-,51-,52+/m1/s1. The summed E-state index contributed by atoms with van der Waals surface area (Å²) in [5.74, 6) is -12.8. The Hall–Kier alpha value is -9.50. The van der Waals surface area contributed by atoms with Crippen LogP contribution in [0.15, 0.2) is 60.7 Å². The number of aromatic hydroxyl groups is 2. The van der Waals surface area contributed by atoms with Crippen LogP contribution in [0.4, 0.5) is 0 Å². The summed E-state index contributed by atoms with van der Waals surface area (Å²) >= 11 is 0. The van der Waals surface area contributed by atoms with Gasteiger partial charge in [0.1, 0.15) is 61.0 Å². The van der Waals surface area contributed by atoms with Gasteiger partial charge < -0.3 is 70.4 Å². The third-order valence-corrected chi connectivity index (χ3v) is 15.8. The number of pyridine rings is 2. The Labute approximate surface area is 507 Å². The summed E-state index contributed by atoms with van der Waals surface area (Å²) in [4.78, 5) is 184. The maximum Gasteiger partial charge on any atom is 0.329 e. The molecule has 6 N–H and O–H groups in total. The molecular formula is C60H76N12O16. The van der Waals surface area contributed by atoms with Crippen molar-refractivity contribution in [3.8, 4) is 11.5 Å². The third-order valence-electron chi connectivity index (χ3n) is 15.8. The van der Waals surface area contributed by atoms with Gasteiger partial charge in [-0.25, -0.2) is 19.6 Å². The normalized spacial score (nSPS) is 23.0. The minimum Gasteiger partial charge on any atom is -0.505 e. The topological polar surface area (TPSA) is 357 Å². The molecule has 0 radical (unpaired) electrons. The Bertz CT molecular complexity index is 3140. The van der Waals surface area contributed by atoms with Gasteiger partial charge >= 0.3 is 11.9 Å². The molecule has 3 aliphatic heterocycles. The Morgan fingerprint density at radius 2 is 0.909 bits per heavy atom. The minimum absolute atomic E-state index is 0.0232. The van der Waals surface area contributed by atoms with E-state index in [1.54, 1.807) is 76.2 Å². The number of nitrogens with zero attached hydrogens (tertiary/aromatic N) is 8. The van der Waals surface area contributed by atoms with Crippen molar-refractivity contribution in [2.75, 3.05) is 80.7 Å². The van der Waals surface area contributed by atoms with Crippen LogP contribution in [0.5, 0.6) is 11.5 Å². The summed E-state index contributed by atoms with van der Waals surface area (Å²) in [6, 6.07) is 7.26. The van der Waals surface area contributed by atoms with Crippen LogP contribution >= 0.6 is 0 Å². The van der Waals surface area contributed by atoms with Crippen molar-refractivity contribution in [2.45, 2.75) is 102 Å². The molecule has 7 rings (SSSR count). The smallest absolute Gasteiger partial charge is 0.329 e. The average molecular weight is 1220 g/mol. The predicted octanol–water partition coefficient (Wildman–Crippen LogP) is 0.0686. The number of aromatic nitrogens is 2. The molecule has 0 bridgehead atoms. The van der Waals surface area contributed by atoms with Gasteiger partial charge in [0.15, 0.2) is 11.4 Å². The van der Waals surface area contributed by atoms with E-state index in [0.717, 1.165) is 19.6 Å². The molecule has 472 valence electrons. The van der Waals surface area contributed by atoms with Crippen LogP contribution in [0, 0.1) is 11.8 Å². The number of piperidine rings is 2. The highest BCUT2D eigenvalue weighted by Gasteiger charge is 2.42. The maximum atomic E-state index is 14.8. The van der Waals surface area contributed by atoms with Crippen LogP contribution in [-0.2, 0) is 57.4 Å². The van der Waals surface area contributed by atoms with E-state index in [1.165, 1.54) is 50.1 Å². The van der Waals surface area contributed by atoms with Crippen molar-refractivity contribution in [1.82, 2.24) is 60.6 Å². The van der Waals surface area contributed by atoms with Gasteiger partial charge in [0.05, 0.1) is 37.2 Å². The van der Waals surface area contributed by atoms with E-state index in [2.05, 4.69) is 31.2 Å². The first-order valence-electron chi connectivity index (χ1n) is 29.1. The van der Waals surface area contributed by atoms with Crippen molar-refractivity contribution in [1.29, 1.82) is 0 Å². The zero-order valence-electron chi connectivity index (χ0n) is 50.5. The summed E-state index contributed by atoms with van der Waals surface area (Å²) in [7, 11) is 5.16. The number of fused-ring (bicyclic) bond motifs is 4. The number of carbonyl (C=O) groups excluding carboxylic acids is 12. The molecule has 28 nitrogen and oxygen atoms in total. The van der Waals surface area contributed by atoms with Crippen molar-refractivity contribution in [3.63, 3.8) is 0 Å². The highest BCUT2D eigenvalue weighted by atomic mass is 16.5. The molecule has 5 heterocycles. The van der Waals surface area contributed by atoms with Gasteiger partial charge in [-0.15, -0.1) is 0 Å². The fraction of sp³-hybridized carbons (Fsp3) is 0.500. The number of ether oxygens (including phenoxy) is 2. The molecule has 0 unspecified atom stereocenters. The molecule has 2 aromatic heterocycles. The number of rotatable bonds is 6. The molecular weight excluding hydrogens is 1140 g/mol. The number of carbonyl (C=O) groups is 12. The lowest BCUT2D eigenvalue weighted by molar-refractivity contribution is -0.159. The van der Waals surface area contributed by atoms with E-state index < -0.39 is 181 Å². The Balaban J connectivity index is 1.17. The fourth-order valence-electron chi connectivity index (χ4n) is 10.9. The lowest BCUT2D eigenvalue weighted by Gasteiger charge is -2.37. The summed E-state index contributed by atoms with van der Waals surface area (Å²) in [5, 5.41) is 33.0. The van der Waals surface area contributed by atoms with Crippen LogP contribution in [-0.4, -0.2) is 238 Å². The summed E-state index contributed by atoms with van der Waals surface area (Å²) in [6.07, 6.45) is 1.92. The number of benzene rings is 2. The van der Waals surface area contributed by atoms with Crippen molar-refractivity contribution in [2.24, 2.45) is 11.8 Å². The predicted molar refractivity (Wildman–Crippen MR) is 314 cm³/mol. The second-order valence-electron chi connectivity index (χ2n) is 22.8. The lowest BCUT2D eigenvalue weighted by atomic mass is 10.00. The number of hydrogen-bond donors (Lipinski definition) is 6. The van der Waals surface area contributed by atoms with Crippen LogP contribution in [0.1, 0.15) is 87.2 Å². The number of amides is 10. The lowest BCUT2D eigenvalue weighted by Crippen LogP contribution is -2.59. The van der Waals surface area contributed by atoms with E-state index in [4.69, 9.17) is 9.47 Å². The summed E-state index contributed by atoms with van der Waals surface area (Å²) in [6.45, 7) is 2.16. The van der Waals surface area contributed by atoms with Crippen LogP contribution in [0.3, 0.4) is 0 Å². The van der Waals surface area contributed by atoms with Gasteiger partial charge in [0.25, 0.3) is 11.8 Å². The first kappa shape index (κ1) is 66.0. The first-order valence-corrected chi connectivity index (χ1v) is 29.1. The van der Waals surface area contributed by atoms with Crippen molar-refractivity contribution >= 4 is 92.8 Å². The number of cyclic esters (lactones) is 2. The van der Waals surface area contributed by atoms with E-state index in [9.17, 15) is 67.7 Å². The van der Waals surface area contributed by atoms with Crippen LogP contribution < -0.4 is 21.3 Å². The summed E-state index contributed by atoms with van der Waals surface area (Å²) in [5.41, 5.74) is -0.282. The average Bonchev–Trinajstić information content (AvgIpc) is 2.06. The van der Waals surface area contributed by atoms with E-state index in [1.807, 2.05) is 0 Å². The number of esters is 2. The molecule has 3 fully saturated rings. The summed E-state index contributed by atoms with van der Waals surface area (Å²) < 4.78 is 11.5. The second kappa shape index (κ2) is 29.3. The largest absolute Gasteiger partial charge is 0.505 e. The van der Waals surface area contributed by atoms with Gasteiger partial charge in [0, 0.05) is 52.1 Å². The molecule has 4 aromatic rings. The fourth-order valence-corrected chi connectivity index (χ4v) is 10.9. The molecule has 10 amide bonds. The molecule has 0 aliphatic carbocycles. The number of para-hydroxylation sites is 2. The zero-order valence-corrected chi connectivity index (χ0v) is 50.5. The quantitative estimate of drug-likeness (QED) is 0.139. The molecule has 6 atom stereocenters. The van der Waals surface area contributed by atoms with E-state index in [-0.39, 0.29) is 25.9 Å². The van der Waals surface area contributed by atoms with Crippen LogP contribution in [0.25, 0.3) is 21.8 Å². The third kappa shape index (κ3) is 15.7. The number of likely N-dealkylation sites (N-methyl/N-ethyl adjacent to an activating group) is 4. The molecule has 88 heavy (non-hydrogen) atoms. The van der Waals surface area contributed by atoms with E-state index >= 15 is 0 Å². The molecule has 3 saturated heterocycles. The van der Waals surface area contributed by atoms with Gasteiger partial charge in [-0.2, -0.15) is 0 Å². The monoisotopic (exact) mass is 1220 g/mol. The molecule has 0 saturated carbocycles. The van der Waals surface area contributed by atoms with Crippen molar-refractivity contribution < 1.29 is 77.2 Å². The Kier molecular flexibility index (Phi) is 22.0. The molecule has 0 spiro atoms. The number of hydrogen-bond acceptors (Lipinski definition) is 18. The number of nitrogens with one attached hydrogen (secondary N) is 4. The highest BCUT2D eigenvalue weighted by Crippen LogP contribution is 2.26. The van der Waals surface area contributed by atoms with Gasteiger partial charge in [-0.05, 0) is 74.6 Å². The Morgan fingerprint density at radius 3 is 1.27 bits per heavy atom. The van der Waals surface area contributed by atoms with Gasteiger partial charge in [0.2, 0.25) is 47.3 Å². The van der Waals surface area contributed by atoms with Crippen molar-refractivity contribution in [3.05, 3.63) is 72.1 Å². The van der Waals surface area contributed by atoms with E-state index in [0.29, 0.717) is 47.5 Å². The zero-order chi connectivity index (χ0) is 64.3. The highest BCUT2D eigenvalue weighted by molar-refractivity contribution is 6.03. The first-order chi connectivity index (χ1) is 41.8. The van der Waals surface area contributed by atoms with Gasteiger partial charge in [-0.1, -0.05) is 64.1 Å². The minimum atomic E-state index is -1.72.